The van der Waals surface area contributed by atoms with Crippen LogP contribution >= 0.6 is 0 Å². The quantitative estimate of drug-likeness (QED) is 0.788. The molecule has 0 aliphatic heterocycles. The van der Waals surface area contributed by atoms with Crippen molar-refractivity contribution < 1.29 is 4.39 Å². The van der Waals surface area contributed by atoms with E-state index in [4.69, 9.17) is 5.73 Å². The average molecular weight is 236 g/mol. The third-order valence-electron chi connectivity index (χ3n) is 4.81. The Bertz CT molecular complexity index is 424. The second-order valence-corrected chi connectivity index (χ2v) is 6.12. The van der Waals surface area contributed by atoms with Crippen molar-refractivity contribution in [3.05, 3.63) is 24.0 Å². The lowest BCUT2D eigenvalue weighted by molar-refractivity contribution is 0.457. The van der Waals surface area contributed by atoms with Crippen LogP contribution < -0.4 is 11.1 Å². The molecule has 0 unspecified atom stereocenters. The first kappa shape index (κ1) is 12.2. The highest BCUT2D eigenvalue weighted by Gasteiger charge is 2.64. The van der Waals surface area contributed by atoms with Crippen molar-refractivity contribution in [1.82, 2.24) is 0 Å². The number of halogens is 1. The Kier molecular flexibility index (Phi) is 2.60. The molecule has 0 spiro atoms. The molecule has 17 heavy (non-hydrogen) atoms. The summed E-state index contributed by atoms with van der Waals surface area (Å²) in [6, 6.07) is 4.77. The van der Waals surface area contributed by atoms with Gasteiger partial charge in [-0.25, -0.2) is 4.39 Å². The largest absolute Gasteiger partial charge is 0.399 e. The molecule has 1 aliphatic rings. The Morgan fingerprint density at radius 1 is 1.24 bits per heavy atom. The predicted molar refractivity (Wildman–Crippen MR) is 70.4 cm³/mol. The Balaban J connectivity index is 2.00. The lowest BCUT2D eigenvalue weighted by Crippen LogP contribution is -2.09. The zero-order valence-corrected chi connectivity index (χ0v) is 11.0. The van der Waals surface area contributed by atoms with E-state index in [0.29, 0.717) is 28.1 Å². The van der Waals surface area contributed by atoms with Crippen molar-refractivity contribution in [2.24, 2.45) is 16.7 Å². The number of hydrogen-bond donors (Lipinski definition) is 2. The molecule has 0 amide bonds. The second-order valence-electron chi connectivity index (χ2n) is 6.12. The number of hydrogen-bond acceptors (Lipinski definition) is 2. The van der Waals surface area contributed by atoms with Crippen LogP contribution in [-0.2, 0) is 0 Å². The summed E-state index contributed by atoms with van der Waals surface area (Å²) in [4.78, 5) is 0. The number of nitrogen functional groups attached to an aromatic ring is 1. The van der Waals surface area contributed by atoms with Gasteiger partial charge in [0.2, 0.25) is 0 Å². The minimum absolute atomic E-state index is 0.277. The van der Waals surface area contributed by atoms with Gasteiger partial charge in [-0.15, -0.1) is 0 Å². The molecule has 1 saturated carbocycles. The van der Waals surface area contributed by atoms with E-state index < -0.39 is 0 Å². The maximum absolute atomic E-state index is 13.6. The third-order valence-corrected chi connectivity index (χ3v) is 4.81. The van der Waals surface area contributed by atoms with Crippen LogP contribution in [0.2, 0.25) is 0 Å². The summed E-state index contributed by atoms with van der Waals surface area (Å²) in [6.45, 7) is 9.86. The van der Waals surface area contributed by atoms with E-state index in [1.165, 1.54) is 6.07 Å². The summed E-state index contributed by atoms with van der Waals surface area (Å²) in [7, 11) is 0. The Morgan fingerprint density at radius 2 is 1.82 bits per heavy atom. The fraction of sp³-hybridized carbons (Fsp3) is 0.571. The van der Waals surface area contributed by atoms with Crippen LogP contribution in [0.4, 0.5) is 15.8 Å². The smallest absolute Gasteiger partial charge is 0.148 e. The minimum Gasteiger partial charge on any atom is -0.399 e. The summed E-state index contributed by atoms with van der Waals surface area (Å²) in [5, 5.41) is 3.18. The summed E-state index contributed by atoms with van der Waals surface area (Å²) >= 11 is 0. The normalized spacial score (nSPS) is 21.2. The lowest BCUT2D eigenvalue weighted by Gasteiger charge is -2.09. The van der Waals surface area contributed by atoms with Gasteiger partial charge in [0.15, 0.2) is 0 Å². The molecule has 0 heterocycles. The van der Waals surface area contributed by atoms with Gasteiger partial charge in [-0.05, 0) is 34.9 Å². The number of benzene rings is 1. The Labute approximate surface area is 102 Å². The van der Waals surface area contributed by atoms with Crippen molar-refractivity contribution in [3.8, 4) is 0 Å². The third kappa shape index (κ3) is 1.88. The van der Waals surface area contributed by atoms with E-state index in [1.54, 1.807) is 12.1 Å². The zero-order chi connectivity index (χ0) is 12.8. The predicted octanol–water partition coefficient (Wildman–Crippen LogP) is 3.50. The van der Waals surface area contributed by atoms with Gasteiger partial charge >= 0.3 is 0 Å². The number of rotatable bonds is 3. The van der Waals surface area contributed by atoms with E-state index in [1.807, 2.05) is 0 Å². The molecule has 2 nitrogen and oxygen atoms in total. The maximum Gasteiger partial charge on any atom is 0.148 e. The van der Waals surface area contributed by atoms with Gasteiger partial charge in [-0.2, -0.15) is 0 Å². The van der Waals surface area contributed by atoms with Crippen molar-refractivity contribution in [2.75, 3.05) is 17.6 Å². The van der Waals surface area contributed by atoms with Crippen LogP contribution in [0.5, 0.6) is 0 Å². The molecule has 0 bridgehead atoms. The second kappa shape index (κ2) is 3.62. The van der Waals surface area contributed by atoms with Gasteiger partial charge in [0.1, 0.15) is 5.82 Å². The van der Waals surface area contributed by atoms with E-state index in [-0.39, 0.29) is 5.82 Å². The van der Waals surface area contributed by atoms with Crippen molar-refractivity contribution in [2.45, 2.75) is 27.7 Å². The molecule has 0 aromatic heterocycles. The standard InChI is InChI=1S/C14H21FN2/c1-13(2)12(14(13,3)4)8-17-11-6-5-9(16)7-10(11)15/h5-7,12,17H,8,16H2,1-4H3. The van der Waals surface area contributed by atoms with Gasteiger partial charge in [0.25, 0.3) is 0 Å². The first-order chi connectivity index (χ1) is 7.76. The number of nitrogens with two attached hydrogens (primary N) is 1. The van der Waals surface area contributed by atoms with Crippen molar-refractivity contribution >= 4 is 11.4 Å². The molecule has 3 N–H and O–H groups in total. The van der Waals surface area contributed by atoms with E-state index in [2.05, 4.69) is 33.0 Å². The minimum atomic E-state index is -0.277. The molecular weight excluding hydrogens is 215 g/mol. The van der Waals surface area contributed by atoms with Gasteiger partial charge in [0, 0.05) is 12.2 Å². The molecule has 1 aromatic rings. The highest BCUT2D eigenvalue weighted by molar-refractivity contribution is 5.52. The molecule has 0 saturated heterocycles. The molecular formula is C14H21FN2. The van der Waals surface area contributed by atoms with Crippen LogP contribution in [0.15, 0.2) is 18.2 Å². The first-order valence-corrected chi connectivity index (χ1v) is 6.05. The average Bonchev–Trinajstić information content (AvgIpc) is 2.58. The van der Waals surface area contributed by atoms with Gasteiger partial charge in [0.05, 0.1) is 5.69 Å². The number of nitrogens with one attached hydrogen (secondary N) is 1. The van der Waals surface area contributed by atoms with Crippen LogP contribution in [0.3, 0.4) is 0 Å². The Morgan fingerprint density at radius 3 is 2.29 bits per heavy atom. The highest BCUT2D eigenvalue weighted by atomic mass is 19.1. The SMILES string of the molecule is CC1(C)C(CNc2ccc(N)cc2F)C1(C)C. The zero-order valence-electron chi connectivity index (χ0n) is 11.0. The fourth-order valence-corrected chi connectivity index (χ4v) is 2.73. The fourth-order valence-electron chi connectivity index (χ4n) is 2.73. The number of anilines is 2. The molecule has 0 atom stereocenters. The van der Waals surface area contributed by atoms with E-state index >= 15 is 0 Å². The Hall–Kier alpha value is -1.25. The summed E-state index contributed by atoms with van der Waals surface area (Å²) in [6.07, 6.45) is 0. The van der Waals surface area contributed by atoms with Crippen LogP contribution in [-0.4, -0.2) is 6.54 Å². The molecule has 0 radical (unpaired) electrons. The van der Waals surface area contributed by atoms with Crippen LogP contribution in [0.25, 0.3) is 0 Å². The maximum atomic E-state index is 13.6. The van der Waals surface area contributed by atoms with Crippen LogP contribution in [0.1, 0.15) is 27.7 Å². The van der Waals surface area contributed by atoms with Crippen molar-refractivity contribution in [3.63, 3.8) is 0 Å². The first-order valence-electron chi connectivity index (χ1n) is 6.05. The summed E-state index contributed by atoms with van der Waals surface area (Å²) in [5.74, 6) is 0.299. The molecule has 3 heteroatoms. The van der Waals surface area contributed by atoms with Gasteiger partial charge < -0.3 is 11.1 Å². The molecule has 2 rings (SSSR count). The van der Waals surface area contributed by atoms with Gasteiger partial charge in [-0.1, -0.05) is 27.7 Å². The lowest BCUT2D eigenvalue weighted by atomic mass is 10.0. The monoisotopic (exact) mass is 236 g/mol. The molecule has 1 fully saturated rings. The highest BCUT2D eigenvalue weighted by Crippen LogP contribution is 2.68. The molecule has 94 valence electrons. The molecule has 1 aliphatic carbocycles. The van der Waals surface area contributed by atoms with Crippen LogP contribution in [0, 0.1) is 22.6 Å². The summed E-state index contributed by atoms with van der Waals surface area (Å²) in [5.41, 5.74) is 7.16. The van der Waals surface area contributed by atoms with Gasteiger partial charge in [-0.3, -0.25) is 0 Å². The molecule has 1 aromatic carbocycles. The van der Waals surface area contributed by atoms with E-state index in [9.17, 15) is 4.39 Å². The summed E-state index contributed by atoms with van der Waals surface area (Å²) < 4.78 is 13.6. The van der Waals surface area contributed by atoms with E-state index in [0.717, 1.165) is 6.54 Å². The topological polar surface area (TPSA) is 38.0 Å². The van der Waals surface area contributed by atoms with Crippen molar-refractivity contribution in [1.29, 1.82) is 0 Å².